The highest BCUT2D eigenvalue weighted by atomic mass is 16.5. The number of carbonyl (C=O) groups is 1. The Bertz CT molecular complexity index is 1020. The van der Waals surface area contributed by atoms with Gasteiger partial charge in [0, 0.05) is 22.5 Å². The molecule has 0 unspecified atom stereocenters. The van der Waals surface area contributed by atoms with E-state index in [4.69, 9.17) is 4.74 Å². The van der Waals surface area contributed by atoms with E-state index in [0.29, 0.717) is 5.92 Å². The maximum absolute atomic E-state index is 12.4. The third-order valence-corrected chi connectivity index (χ3v) is 6.40. The fourth-order valence-electron chi connectivity index (χ4n) is 3.93. The molecule has 0 spiro atoms. The molecular formula is C24H26N2O2. The van der Waals surface area contributed by atoms with E-state index in [0.717, 1.165) is 48.0 Å². The van der Waals surface area contributed by atoms with Crippen LogP contribution >= 0.6 is 0 Å². The maximum Gasteiger partial charge on any atom is 0.230 e. The lowest BCUT2D eigenvalue weighted by Crippen LogP contribution is -2.32. The highest BCUT2D eigenvalue weighted by Crippen LogP contribution is 2.46. The van der Waals surface area contributed by atoms with Crippen molar-refractivity contribution in [3.63, 3.8) is 0 Å². The molecule has 1 heterocycles. The SMILES string of the molecule is Cc1ccc(C2CC(Oc3ccc4[nH]cc(NC(=O)C5(C)CC5)c4c3)C2)cc1. The molecule has 3 aromatic rings. The monoisotopic (exact) mass is 374 g/mol. The van der Waals surface area contributed by atoms with Crippen LogP contribution in [0.4, 0.5) is 5.69 Å². The number of aryl methyl sites for hydroxylation is 1. The summed E-state index contributed by atoms with van der Waals surface area (Å²) in [6, 6.07) is 14.9. The van der Waals surface area contributed by atoms with E-state index in [1.807, 2.05) is 31.3 Å². The van der Waals surface area contributed by atoms with Crippen molar-refractivity contribution < 1.29 is 9.53 Å². The minimum atomic E-state index is -0.186. The molecule has 4 nitrogen and oxygen atoms in total. The van der Waals surface area contributed by atoms with Crippen LogP contribution in [0.1, 0.15) is 49.7 Å². The van der Waals surface area contributed by atoms with Crippen molar-refractivity contribution >= 4 is 22.5 Å². The van der Waals surface area contributed by atoms with Crippen LogP contribution in [0.3, 0.4) is 0 Å². The normalized spacial score (nSPS) is 22.5. The van der Waals surface area contributed by atoms with E-state index in [1.54, 1.807) is 0 Å². The smallest absolute Gasteiger partial charge is 0.230 e. The van der Waals surface area contributed by atoms with E-state index in [9.17, 15) is 4.79 Å². The molecule has 0 aliphatic heterocycles. The molecule has 2 aliphatic carbocycles. The fraction of sp³-hybridized carbons (Fsp3) is 0.375. The average molecular weight is 374 g/mol. The average Bonchev–Trinajstić information content (AvgIpc) is 3.30. The topological polar surface area (TPSA) is 54.1 Å². The number of anilines is 1. The molecule has 0 bridgehead atoms. The number of hydrogen-bond acceptors (Lipinski definition) is 2. The summed E-state index contributed by atoms with van der Waals surface area (Å²) in [5.41, 5.74) is 4.37. The quantitative estimate of drug-likeness (QED) is 0.616. The fourth-order valence-corrected chi connectivity index (χ4v) is 3.93. The number of fused-ring (bicyclic) bond motifs is 1. The van der Waals surface area contributed by atoms with Gasteiger partial charge in [-0.15, -0.1) is 0 Å². The summed E-state index contributed by atoms with van der Waals surface area (Å²) in [5, 5.41) is 4.09. The molecule has 0 saturated heterocycles. The first-order chi connectivity index (χ1) is 13.5. The summed E-state index contributed by atoms with van der Waals surface area (Å²) in [5.74, 6) is 1.57. The van der Waals surface area contributed by atoms with E-state index >= 15 is 0 Å². The number of benzene rings is 2. The van der Waals surface area contributed by atoms with Gasteiger partial charge in [-0.3, -0.25) is 4.79 Å². The Hall–Kier alpha value is -2.75. The number of H-pyrrole nitrogens is 1. The second-order valence-electron chi connectivity index (χ2n) is 8.74. The molecule has 0 radical (unpaired) electrons. The standard InChI is InChI=1S/C24H26N2O2/c1-15-3-5-16(6-4-15)17-11-19(12-17)28-18-7-8-21-20(13-18)22(14-25-21)26-23(27)24(2)9-10-24/h3-8,13-14,17,19,25H,9-12H2,1-2H3,(H,26,27). The van der Waals surface area contributed by atoms with Gasteiger partial charge in [0.1, 0.15) is 5.75 Å². The van der Waals surface area contributed by atoms with Crippen LogP contribution in [0, 0.1) is 12.3 Å². The van der Waals surface area contributed by atoms with Gasteiger partial charge < -0.3 is 15.0 Å². The molecule has 2 aliphatic rings. The molecule has 1 amide bonds. The largest absolute Gasteiger partial charge is 0.490 e. The molecule has 4 heteroatoms. The predicted octanol–water partition coefficient (Wildman–Crippen LogP) is 5.54. The lowest BCUT2D eigenvalue weighted by Gasteiger charge is -2.35. The third-order valence-electron chi connectivity index (χ3n) is 6.40. The van der Waals surface area contributed by atoms with Crippen LogP contribution < -0.4 is 10.1 Å². The van der Waals surface area contributed by atoms with E-state index in [1.165, 1.54) is 11.1 Å². The first kappa shape index (κ1) is 17.4. The highest BCUT2D eigenvalue weighted by molar-refractivity contribution is 6.04. The van der Waals surface area contributed by atoms with Gasteiger partial charge in [-0.05, 0) is 62.3 Å². The number of aromatic nitrogens is 1. The Morgan fingerprint density at radius 3 is 2.61 bits per heavy atom. The zero-order chi connectivity index (χ0) is 19.3. The van der Waals surface area contributed by atoms with Crippen molar-refractivity contribution in [2.75, 3.05) is 5.32 Å². The van der Waals surface area contributed by atoms with Crippen LogP contribution in [0.2, 0.25) is 0 Å². The van der Waals surface area contributed by atoms with Gasteiger partial charge in [0.2, 0.25) is 5.91 Å². The molecule has 1 aromatic heterocycles. The van der Waals surface area contributed by atoms with Crippen LogP contribution in [0.5, 0.6) is 5.75 Å². The van der Waals surface area contributed by atoms with Gasteiger partial charge in [0.05, 0.1) is 11.8 Å². The molecular weight excluding hydrogens is 348 g/mol. The molecule has 144 valence electrons. The lowest BCUT2D eigenvalue weighted by molar-refractivity contribution is -0.120. The van der Waals surface area contributed by atoms with Gasteiger partial charge >= 0.3 is 0 Å². The molecule has 2 saturated carbocycles. The number of ether oxygens (including phenoxy) is 1. The predicted molar refractivity (Wildman–Crippen MR) is 112 cm³/mol. The van der Waals surface area contributed by atoms with Crippen LogP contribution in [0.15, 0.2) is 48.7 Å². The zero-order valence-corrected chi connectivity index (χ0v) is 16.4. The summed E-state index contributed by atoms with van der Waals surface area (Å²) < 4.78 is 6.22. The first-order valence-corrected chi connectivity index (χ1v) is 10.2. The minimum Gasteiger partial charge on any atom is -0.490 e. The number of aromatic amines is 1. The van der Waals surface area contributed by atoms with Crippen molar-refractivity contribution in [2.24, 2.45) is 5.41 Å². The number of amides is 1. The maximum atomic E-state index is 12.4. The molecule has 2 aromatic carbocycles. The Balaban J connectivity index is 1.26. The molecule has 0 atom stereocenters. The summed E-state index contributed by atoms with van der Waals surface area (Å²) in [6.07, 6.45) is 6.17. The molecule has 28 heavy (non-hydrogen) atoms. The summed E-state index contributed by atoms with van der Waals surface area (Å²) >= 11 is 0. The molecule has 2 N–H and O–H groups in total. The number of carbonyl (C=O) groups excluding carboxylic acids is 1. The number of hydrogen-bond donors (Lipinski definition) is 2. The zero-order valence-electron chi connectivity index (χ0n) is 16.4. The minimum absolute atomic E-state index is 0.111. The lowest BCUT2D eigenvalue weighted by atomic mass is 9.77. The van der Waals surface area contributed by atoms with Gasteiger partial charge in [0.25, 0.3) is 0 Å². The summed E-state index contributed by atoms with van der Waals surface area (Å²) in [4.78, 5) is 15.6. The Kier molecular flexibility index (Phi) is 3.97. The van der Waals surface area contributed by atoms with Gasteiger partial charge in [-0.1, -0.05) is 36.8 Å². The van der Waals surface area contributed by atoms with E-state index < -0.39 is 0 Å². The molecule has 2 fully saturated rings. The number of nitrogens with one attached hydrogen (secondary N) is 2. The molecule has 5 rings (SSSR count). The Labute approximate surface area is 165 Å². The van der Waals surface area contributed by atoms with Crippen molar-refractivity contribution in [3.05, 3.63) is 59.8 Å². The highest BCUT2D eigenvalue weighted by Gasteiger charge is 2.45. The Morgan fingerprint density at radius 2 is 1.89 bits per heavy atom. The summed E-state index contributed by atoms with van der Waals surface area (Å²) in [6.45, 7) is 4.14. The van der Waals surface area contributed by atoms with Gasteiger partial charge in [-0.2, -0.15) is 0 Å². The van der Waals surface area contributed by atoms with E-state index in [-0.39, 0.29) is 17.4 Å². The van der Waals surface area contributed by atoms with Crippen molar-refractivity contribution in [1.29, 1.82) is 0 Å². The van der Waals surface area contributed by atoms with Gasteiger partial charge in [0.15, 0.2) is 0 Å². The van der Waals surface area contributed by atoms with Crippen molar-refractivity contribution in [3.8, 4) is 5.75 Å². The second kappa shape index (κ2) is 6.40. The Morgan fingerprint density at radius 1 is 1.14 bits per heavy atom. The van der Waals surface area contributed by atoms with Gasteiger partial charge in [-0.25, -0.2) is 0 Å². The van der Waals surface area contributed by atoms with Crippen molar-refractivity contribution in [2.45, 2.75) is 51.6 Å². The number of rotatable bonds is 5. The van der Waals surface area contributed by atoms with Crippen molar-refractivity contribution in [1.82, 2.24) is 4.98 Å². The van der Waals surface area contributed by atoms with Crippen LogP contribution in [-0.4, -0.2) is 17.0 Å². The third kappa shape index (κ3) is 3.17. The van der Waals surface area contributed by atoms with Crippen LogP contribution in [-0.2, 0) is 4.79 Å². The second-order valence-corrected chi connectivity index (χ2v) is 8.74. The van der Waals surface area contributed by atoms with E-state index in [2.05, 4.69) is 41.5 Å². The summed E-state index contributed by atoms with van der Waals surface area (Å²) in [7, 11) is 0. The first-order valence-electron chi connectivity index (χ1n) is 10.2. The van der Waals surface area contributed by atoms with Crippen LogP contribution in [0.25, 0.3) is 10.9 Å².